The molecule has 0 aliphatic heterocycles. The van der Waals surface area contributed by atoms with Crippen LogP contribution in [0.1, 0.15) is 44.6 Å². The zero-order valence-corrected chi connectivity index (χ0v) is 17.8. The summed E-state index contributed by atoms with van der Waals surface area (Å²) in [5.41, 5.74) is 1.87. The Balaban J connectivity index is 1.68. The molecule has 0 spiro atoms. The van der Waals surface area contributed by atoms with Gasteiger partial charge in [-0.25, -0.2) is 0 Å². The van der Waals surface area contributed by atoms with Gasteiger partial charge in [-0.05, 0) is 61.7 Å². The van der Waals surface area contributed by atoms with Crippen molar-refractivity contribution < 1.29 is 13.2 Å². The number of nitrogens with one attached hydrogen (secondary N) is 2. The van der Waals surface area contributed by atoms with Gasteiger partial charge in [-0.3, -0.25) is 4.79 Å². The van der Waals surface area contributed by atoms with Gasteiger partial charge in [0.2, 0.25) is 5.91 Å². The molecular formula is C21H24ClN3O3S. The van der Waals surface area contributed by atoms with Crippen molar-refractivity contribution in [3.63, 3.8) is 0 Å². The van der Waals surface area contributed by atoms with Crippen molar-refractivity contribution >= 4 is 38.9 Å². The molecule has 2 aromatic rings. The molecule has 0 atom stereocenters. The normalized spacial score (nSPS) is 15.7. The molecule has 2 N–H and O–H groups in total. The van der Waals surface area contributed by atoms with Gasteiger partial charge in [0.05, 0.1) is 10.6 Å². The molecule has 1 fully saturated rings. The highest BCUT2D eigenvalue weighted by atomic mass is 35.5. The molecule has 0 saturated heterocycles. The molecule has 1 amide bonds. The van der Waals surface area contributed by atoms with Crippen LogP contribution in [0.2, 0.25) is 5.02 Å². The van der Waals surface area contributed by atoms with E-state index in [-0.39, 0.29) is 16.7 Å². The number of hydrazone groups is 1. The maximum atomic E-state index is 12.4. The molecule has 0 heterocycles. The Hall–Kier alpha value is -2.38. The fourth-order valence-corrected chi connectivity index (χ4v) is 4.27. The van der Waals surface area contributed by atoms with E-state index in [9.17, 15) is 13.2 Å². The highest BCUT2D eigenvalue weighted by Crippen LogP contribution is 2.25. The van der Waals surface area contributed by atoms with Gasteiger partial charge in [-0.2, -0.15) is 18.4 Å². The van der Waals surface area contributed by atoms with Crippen LogP contribution in [-0.4, -0.2) is 20.0 Å². The Morgan fingerprint density at radius 3 is 2.45 bits per heavy atom. The van der Waals surface area contributed by atoms with E-state index in [0.717, 1.165) is 25.7 Å². The summed E-state index contributed by atoms with van der Waals surface area (Å²) in [5, 5.41) is 7.43. The average Bonchev–Trinajstić information content (AvgIpc) is 2.73. The van der Waals surface area contributed by atoms with Crippen LogP contribution in [0.4, 0.5) is 5.69 Å². The molecule has 8 heteroatoms. The quantitative estimate of drug-likeness (QED) is 0.517. The number of sulfonamides is 1. The second-order valence-corrected chi connectivity index (χ2v) is 9.25. The summed E-state index contributed by atoms with van der Waals surface area (Å²) in [4.78, 5) is 14.8. The molecule has 0 aromatic heterocycles. The molecule has 6 nitrogen and oxygen atoms in total. The van der Waals surface area contributed by atoms with Gasteiger partial charge in [-0.1, -0.05) is 43.0 Å². The zero-order chi connectivity index (χ0) is 20.9. The van der Waals surface area contributed by atoms with E-state index in [1.54, 1.807) is 19.1 Å². The number of anilines is 1. The lowest BCUT2D eigenvalue weighted by atomic mass is 9.88. The molecule has 0 bridgehead atoms. The van der Waals surface area contributed by atoms with E-state index in [0.29, 0.717) is 22.0 Å². The summed E-state index contributed by atoms with van der Waals surface area (Å²) in [5.74, 6) is 0.105. The van der Waals surface area contributed by atoms with E-state index in [1.165, 1.54) is 30.7 Å². The second-order valence-electron chi connectivity index (χ2n) is 7.15. The number of hydrogen-bond donors (Lipinski definition) is 2. The van der Waals surface area contributed by atoms with Crippen LogP contribution < -0.4 is 10.1 Å². The summed E-state index contributed by atoms with van der Waals surface area (Å²) in [6.07, 6.45) is 5.24. The monoisotopic (exact) mass is 433 g/mol. The van der Waals surface area contributed by atoms with Crippen LogP contribution in [0.15, 0.2) is 58.5 Å². The maximum Gasteiger partial charge on any atom is 0.276 e. The highest BCUT2D eigenvalue weighted by Gasteiger charge is 2.21. The van der Waals surface area contributed by atoms with Crippen LogP contribution in [0, 0.1) is 5.92 Å². The fraction of sp³-hybridized carbons (Fsp3) is 0.333. The molecule has 0 unspecified atom stereocenters. The molecule has 1 saturated carbocycles. The number of carbonyl (C=O) groups excluding carboxylic acids is 1. The van der Waals surface area contributed by atoms with Gasteiger partial charge >= 0.3 is 0 Å². The third-order valence-electron chi connectivity index (χ3n) is 4.98. The van der Waals surface area contributed by atoms with Crippen LogP contribution >= 0.6 is 11.6 Å². The number of benzene rings is 2. The van der Waals surface area contributed by atoms with Gasteiger partial charge in [0.15, 0.2) is 0 Å². The maximum absolute atomic E-state index is 12.4. The van der Waals surface area contributed by atoms with Crippen molar-refractivity contribution in [2.24, 2.45) is 11.0 Å². The van der Waals surface area contributed by atoms with E-state index in [2.05, 4.69) is 15.2 Å². The summed E-state index contributed by atoms with van der Waals surface area (Å²) in [6, 6.07) is 13.1. The first-order valence-electron chi connectivity index (χ1n) is 9.58. The van der Waals surface area contributed by atoms with Crippen LogP contribution in [0.25, 0.3) is 0 Å². The Kier molecular flexibility index (Phi) is 6.92. The minimum Gasteiger partial charge on any atom is -0.326 e. The first kappa shape index (κ1) is 21.3. The van der Waals surface area contributed by atoms with E-state index in [4.69, 9.17) is 11.6 Å². The minimum atomic E-state index is -3.79. The molecule has 154 valence electrons. The molecule has 2 aromatic carbocycles. The largest absolute Gasteiger partial charge is 0.326 e. The number of nitrogens with zero attached hydrogens (tertiary/aromatic N) is 1. The summed E-state index contributed by atoms with van der Waals surface area (Å²) >= 11 is 5.80. The highest BCUT2D eigenvalue weighted by molar-refractivity contribution is 7.89. The number of rotatable bonds is 6. The number of hydrogen-bond acceptors (Lipinski definition) is 4. The molecule has 3 rings (SSSR count). The number of halogens is 1. The van der Waals surface area contributed by atoms with Crippen LogP contribution in [0.3, 0.4) is 0 Å². The number of amides is 1. The van der Waals surface area contributed by atoms with Crippen molar-refractivity contribution in [1.29, 1.82) is 0 Å². The average molecular weight is 434 g/mol. The van der Waals surface area contributed by atoms with E-state index >= 15 is 0 Å². The Bertz CT molecular complexity index is 998. The van der Waals surface area contributed by atoms with Crippen molar-refractivity contribution in [2.75, 3.05) is 5.32 Å². The SMILES string of the molecule is C/C(=N\NS(=O)(=O)c1ccc(Cl)cc1)c1cccc(NC(=O)C2CCCCC2)c1. The predicted molar refractivity (Wildman–Crippen MR) is 116 cm³/mol. The van der Waals surface area contributed by atoms with Crippen molar-refractivity contribution in [3.05, 3.63) is 59.1 Å². The van der Waals surface area contributed by atoms with Gasteiger partial charge in [0.1, 0.15) is 0 Å². The minimum absolute atomic E-state index is 0.0416. The van der Waals surface area contributed by atoms with Crippen molar-refractivity contribution in [1.82, 2.24) is 4.83 Å². The van der Waals surface area contributed by atoms with Gasteiger partial charge < -0.3 is 5.32 Å². The van der Waals surface area contributed by atoms with Crippen LogP contribution in [0.5, 0.6) is 0 Å². The molecule has 0 radical (unpaired) electrons. The third kappa shape index (κ3) is 5.81. The molecular weight excluding hydrogens is 410 g/mol. The zero-order valence-electron chi connectivity index (χ0n) is 16.2. The molecule has 29 heavy (non-hydrogen) atoms. The number of carbonyl (C=O) groups is 1. The predicted octanol–water partition coefficient (Wildman–Crippen LogP) is 4.56. The lowest BCUT2D eigenvalue weighted by Crippen LogP contribution is -2.24. The standard InChI is InChI=1S/C21H24ClN3O3S/c1-15(24-25-29(27,28)20-12-10-18(22)11-13-20)17-8-5-9-19(14-17)23-21(26)16-6-3-2-4-7-16/h5,8-14,16,25H,2-4,6-7H2,1H3,(H,23,26)/b24-15+. The second kappa shape index (κ2) is 9.41. The Morgan fingerprint density at radius 2 is 1.76 bits per heavy atom. The van der Waals surface area contributed by atoms with Gasteiger partial charge in [0, 0.05) is 16.6 Å². The van der Waals surface area contributed by atoms with Crippen molar-refractivity contribution in [3.8, 4) is 0 Å². The van der Waals surface area contributed by atoms with Gasteiger partial charge in [-0.15, -0.1) is 0 Å². The Morgan fingerprint density at radius 1 is 1.07 bits per heavy atom. The first-order valence-corrected chi connectivity index (χ1v) is 11.4. The lowest BCUT2D eigenvalue weighted by Gasteiger charge is -2.20. The third-order valence-corrected chi connectivity index (χ3v) is 6.46. The summed E-state index contributed by atoms with van der Waals surface area (Å²) in [6.45, 7) is 1.70. The summed E-state index contributed by atoms with van der Waals surface area (Å²) < 4.78 is 24.7. The lowest BCUT2D eigenvalue weighted by molar-refractivity contribution is -0.120. The van der Waals surface area contributed by atoms with Crippen LogP contribution in [-0.2, 0) is 14.8 Å². The van der Waals surface area contributed by atoms with E-state index < -0.39 is 10.0 Å². The fourth-order valence-electron chi connectivity index (χ4n) is 3.29. The first-order chi connectivity index (χ1) is 13.8. The van der Waals surface area contributed by atoms with Gasteiger partial charge in [0.25, 0.3) is 10.0 Å². The van der Waals surface area contributed by atoms with E-state index in [1.807, 2.05) is 12.1 Å². The molecule has 1 aliphatic rings. The molecule has 1 aliphatic carbocycles. The summed E-state index contributed by atoms with van der Waals surface area (Å²) in [7, 11) is -3.79. The smallest absolute Gasteiger partial charge is 0.276 e. The Labute approximate surface area is 176 Å². The van der Waals surface area contributed by atoms with Crippen molar-refractivity contribution in [2.45, 2.75) is 43.9 Å². The topological polar surface area (TPSA) is 87.6 Å².